The molecule has 2 nitrogen and oxygen atoms in total. The predicted octanol–water partition coefficient (Wildman–Crippen LogP) is 4.46. The van der Waals surface area contributed by atoms with Gasteiger partial charge < -0.3 is 5.32 Å². The molecule has 0 saturated heterocycles. The topological polar surface area (TPSA) is 24.4 Å². The van der Waals surface area contributed by atoms with Crippen molar-refractivity contribution in [1.29, 1.82) is 0 Å². The van der Waals surface area contributed by atoms with Gasteiger partial charge in [-0.25, -0.2) is 0 Å². The third kappa shape index (κ3) is 2.92. The molecule has 1 N–H and O–H groups in total. The van der Waals surface area contributed by atoms with Crippen molar-refractivity contribution >= 4 is 16.9 Å². The summed E-state index contributed by atoms with van der Waals surface area (Å²) in [4.78, 5) is 4.86. The minimum Gasteiger partial charge on any atom is -0.359 e. The molecule has 5 rings (SSSR count). The Morgan fingerprint density at radius 3 is 2.23 bits per heavy atom. The molecule has 0 amide bonds. The average molecular weight is 314 g/mol. The zero-order valence-corrected chi connectivity index (χ0v) is 14.2. The summed E-state index contributed by atoms with van der Waals surface area (Å²) in [6.07, 6.45) is 10.8. The Morgan fingerprint density at radius 1 is 1.09 bits per heavy atom. The van der Waals surface area contributed by atoms with E-state index in [1.165, 1.54) is 44.1 Å². The van der Waals surface area contributed by atoms with Gasteiger partial charge in [0, 0.05) is 5.54 Å². The number of rotatable bonds is 3. The van der Waals surface area contributed by atoms with E-state index in [1.54, 1.807) is 11.8 Å². The Hall–Kier alpha value is -0.960. The summed E-state index contributed by atoms with van der Waals surface area (Å²) < 4.78 is 0. The van der Waals surface area contributed by atoms with Crippen LogP contribution in [0.2, 0.25) is 0 Å². The van der Waals surface area contributed by atoms with Gasteiger partial charge in [-0.15, -0.1) is 0 Å². The highest BCUT2D eigenvalue weighted by Crippen LogP contribution is 2.55. The first-order valence-electron chi connectivity index (χ1n) is 8.65. The number of amidine groups is 1. The third-order valence-corrected chi connectivity index (χ3v) is 6.47. The molecular weight excluding hydrogens is 288 g/mol. The maximum absolute atomic E-state index is 4.86. The molecule has 0 radical (unpaired) electrons. The summed E-state index contributed by atoms with van der Waals surface area (Å²) in [5.41, 5.74) is 1.66. The predicted molar refractivity (Wildman–Crippen MR) is 95.1 cm³/mol. The number of aliphatic imine (C=N–C) groups is 1. The van der Waals surface area contributed by atoms with Crippen molar-refractivity contribution in [2.45, 2.75) is 50.6 Å². The Kier molecular flexibility index (Phi) is 3.93. The molecule has 0 aliphatic heterocycles. The quantitative estimate of drug-likeness (QED) is 0.658. The van der Waals surface area contributed by atoms with Gasteiger partial charge in [-0.1, -0.05) is 42.1 Å². The normalized spacial score (nSPS) is 36.6. The standard InChI is InChI=1S/C19H26N2S/c1-22-18(20-13-14-5-3-2-4-6-14)21-19-10-15-7-16(11-19)9-17(8-15)12-19/h2-6,15-17H,7-13H2,1H3,(H,20,21). The van der Waals surface area contributed by atoms with Crippen molar-refractivity contribution < 1.29 is 0 Å². The molecule has 0 atom stereocenters. The Labute approximate surface area is 138 Å². The fourth-order valence-corrected chi connectivity index (χ4v) is 5.90. The van der Waals surface area contributed by atoms with Crippen LogP contribution in [0.25, 0.3) is 0 Å². The van der Waals surface area contributed by atoms with Crippen molar-refractivity contribution in [2.75, 3.05) is 6.26 Å². The van der Waals surface area contributed by atoms with Gasteiger partial charge in [0.05, 0.1) is 6.54 Å². The second kappa shape index (κ2) is 5.92. The number of nitrogens with zero attached hydrogens (tertiary/aromatic N) is 1. The number of benzene rings is 1. The molecule has 4 aliphatic rings. The minimum absolute atomic E-state index is 0.368. The fourth-order valence-electron chi connectivity index (χ4n) is 5.39. The number of hydrogen-bond acceptors (Lipinski definition) is 2. The van der Waals surface area contributed by atoms with E-state index in [0.29, 0.717) is 5.54 Å². The van der Waals surface area contributed by atoms with Gasteiger partial charge in [0.1, 0.15) is 0 Å². The molecule has 1 aromatic carbocycles. The van der Waals surface area contributed by atoms with Crippen LogP contribution in [0.5, 0.6) is 0 Å². The molecule has 1 aromatic rings. The Bertz CT molecular complexity index is 517. The number of thioether (sulfide) groups is 1. The summed E-state index contributed by atoms with van der Waals surface area (Å²) in [5.74, 6) is 2.95. The smallest absolute Gasteiger partial charge is 0.157 e. The van der Waals surface area contributed by atoms with Crippen molar-refractivity contribution in [3.63, 3.8) is 0 Å². The summed E-state index contributed by atoms with van der Waals surface area (Å²) in [7, 11) is 0. The molecular formula is C19H26N2S. The van der Waals surface area contributed by atoms with Crippen LogP contribution in [0.3, 0.4) is 0 Å². The molecule has 118 valence electrons. The molecule has 0 spiro atoms. The molecule has 0 aromatic heterocycles. The lowest BCUT2D eigenvalue weighted by atomic mass is 9.53. The molecule has 22 heavy (non-hydrogen) atoms. The number of nitrogens with one attached hydrogen (secondary N) is 1. The summed E-state index contributed by atoms with van der Waals surface area (Å²) in [5, 5.41) is 5.04. The summed E-state index contributed by atoms with van der Waals surface area (Å²) >= 11 is 1.78. The molecule has 4 aliphatic carbocycles. The van der Waals surface area contributed by atoms with Crippen molar-refractivity contribution in [3.8, 4) is 0 Å². The van der Waals surface area contributed by atoms with Crippen molar-refractivity contribution in [2.24, 2.45) is 22.7 Å². The second-order valence-corrected chi connectivity index (χ2v) is 8.43. The first-order valence-corrected chi connectivity index (χ1v) is 9.88. The van der Waals surface area contributed by atoms with Gasteiger partial charge in [-0.2, -0.15) is 0 Å². The van der Waals surface area contributed by atoms with Crippen molar-refractivity contribution in [3.05, 3.63) is 35.9 Å². The van der Waals surface area contributed by atoms with E-state index >= 15 is 0 Å². The lowest BCUT2D eigenvalue weighted by Crippen LogP contribution is -2.59. The van der Waals surface area contributed by atoms with Crippen LogP contribution in [-0.2, 0) is 6.54 Å². The zero-order chi connectivity index (χ0) is 15.0. The van der Waals surface area contributed by atoms with Gasteiger partial charge in [0.2, 0.25) is 0 Å². The monoisotopic (exact) mass is 314 g/mol. The Morgan fingerprint density at radius 2 is 1.68 bits per heavy atom. The molecule has 3 heteroatoms. The van der Waals surface area contributed by atoms with Crippen LogP contribution in [0.15, 0.2) is 35.3 Å². The van der Waals surface area contributed by atoms with Crippen LogP contribution in [0, 0.1) is 17.8 Å². The number of hydrogen-bond donors (Lipinski definition) is 1. The van der Waals surface area contributed by atoms with Crippen LogP contribution < -0.4 is 5.32 Å². The second-order valence-electron chi connectivity index (χ2n) is 7.63. The van der Waals surface area contributed by atoms with Gasteiger partial charge >= 0.3 is 0 Å². The first-order chi connectivity index (χ1) is 10.7. The van der Waals surface area contributed by atoms with E-state index in [4.69, 9.17) is 4.99 Å². The SMILES string of the molecule is CSC(=NCc1ccccc1)NC12CC3CC(CC(C3)C1)C2. The van der Waals surface area contributed by atoms with Gasteiger partial charge in [0.15, 0.2) is 5.17 Å². The van der Waals surface area contributed by atoms with E-state index < -0.39 is 0 Å². The zero-order valence-electron chi connectivity index (χ0n) is 13.4. The molecule has 4 fully saturated rings. The largest absolute Gasteiger partial charge is 0.359 e. The van der Waals surface area contributed by atoms with Crippen LogP contribution in [0.1, 0.15) is 44.1 Å². The van der Waals surface area contributed by atoms with Crippen molar-refractivity contribution in [1.82, 2.24) is 5.32 Å². The lowest BCUT2D eigenvalue weighted by molar-refractivity contribution is -0.00965. The van der Waals surface area contributed by atoms with E-state index in [-0.39, 0.29) is 0 Å². The van der Waals surface area contributed by atoms with Gasteiger partial charge in [-0.3, -0.25) is 4.99 Å². The molecule has 0 unspecified atom stereocenters. The molecule has 4 bridgehead atoms. The highest BCUT2D eigenvalue weighted by Gasteiger charge is 2.51. The van der Waals surface area contributed by atoms with E-state index in [1.807, 2.05) is 0 Å². The van der Waals surface area contributed by atoms with Crippen LogP contribution in [0.4, 0.5) is 0 Å². The summed E-state index contributed by atoms with van der Waals surface area (Å²) in [6, 6.07) is 10.6. The maximum Gasteiger partial charge on any atom is 0.157 e. The van der Waals surface area contributed by atoms with Crippen LogP contribution >= 0.6 is 11.8 Å². The van der Waals surface area contributed by atoms with E-state index in [0.717, 1.165) is 29.5 Å². The lowest BCUT2D eigenvalue weighted by Gasteiger charge is -2.57. The fraction of sp³-hybridized carbons (Fsp3) is 0.632. The van der Waals surface area contributed by atoms with E-state index in [2.05, 4.69) is 41.9 Å². The maximum atomic E-state index is 4.86. The highest BCUT2D eigenvalue weighted by molar-refractivity contribution is 8.13. The third-order valence-electron chi connectivity index (χ3n) is 5.85. The molecule has 4 saturated carbocycles. The molecule has 0 heterocycles. The summed E-state index contributed by atoms with van der Waals surface area (Å²) in [6.45, 7) is 0.788. The first kappa shape index (κ1) is 14.6. The minimum atomic E-state index is 0.368. The highest BCUT2D eigenvalue weighted by atomic mass is 32.2. The van der Waals surface area contributed by atoms with Gasteiger partial charge in [-0.05, 0) is 68.1 Å². The van der Waals surface area contributed by atoms with Gasteiger partial charge in [0.25, 0.3) is 0 Å². The Balaban J connectivity index is 1.46. The average Bonchev–Trinajstić information content (AvgIpc) is 2.51. The van der Waals surface area contributed by atoms with Crippen LogP contribution in [-0.4, -0.2) is 17.0 Å². The van der Waals surface area contributed by atoms with E-state index in [9.17, 15) is 0 Å².